The van der Waals surface area contributed by atoms with E-state index in [1.165, 1.54) is 4.31 Å². The van der Waals surface area contributed by atoms with Crippen LogP contribution < -0.4 is 15.4 Å². The second-order valence-corrected chi connectivity index (χ2v) is 8.78. The van der Waals surface area contributed by atoms with Crippen LogP contribution >= 0.6 is 24.0 Å². The third kappa shape index (κ3) is 6.46. The Labute approximate surface area is 184 Å². The first kappa shape index (κ1) is 23.2. The third-order valence-corrected chi connectivity index (χ3v) is 6.64. The number of hydrogen-bond donors (Lipinski definition) is 2. The van der Waals surface area contributed by atoms with E-state index in [2.05, 4.69) is 15.2 Å². The van der Waals surface area contributed by atoms with Crippen molar-refractivity contribution in [2.45, 2.75) is 12.8 Å². The number of rotatable bonds is 8. The SMILES string of the molecule is I.NC(=NCCCN1CCOCC1)NCCS(=O)(=O)N1CCc2ccccc21. The molecule has 0 bridgehead atoms. The molecule has 0 amide bonds. The van der Waals surface area contributed by atoms with Gasteiger partial charge in [-0.05, 0) is 24.5 Å². The Kier molecular flexibility index (Phi) is 9.25. The van der Waals surface area contributed by atoms with Gasteiger partial charge in [-0.25, -0.2) is 8.42 Å². The Hall–Kier alpha value is -1.11. The number of morpholine rings is 1. The molecule has 158 valence electrons. The number of para-hydroxylation sites is 1. The van der Waals surface area contributed by atoms with E-state index in [-0.39, 0.29) is 36.3 Å². The summed E-state index contributed by atoms with van der Waals surface area (Å²) in [5, 5.41) is 2.91. The number of ether oxygens (including phenoxy) is 1. The number of sulfonamides is 1. The first-order valence-corrected chi connectivity index (χ1v) is 11.1. The van der Waals surface area contributed by atoms with Gasteiger partial charge in [-0.15, -0.1) is 24.0 Å². The summed E-state index contributed by atoms with van der Waals surface area (Å²) in [5.74, 6) is 0.291. The number of fused-ring (bicyclic) bond motifs is 1. The van der Waals surface area contributed by atoms with Gasteiger partial charge in [0.1, 0.15) is 0 Å². The van der Waals surface area contributed by atoms with Crippen LogP contribution in [-0.4, -0.2) is 77.5 Å². The van der Waals surface area contributed by atoms with Crippen LogP contribution in [0.5, 0.6) is 0 Å². The lowest BCUT2D eigenvalue weighted by Crippen LogP contribution is -2.39. The van der Waals surface area contributed by atoms with Crippen LogP contribution in [0.15, 0.2) is 29.3 Å². The number of anilines is 1. The second kappa shape index (κ2) is 11.2. The molecule has 28 heavy (non-hydrogen) atoms. The molecule has 0 atom stereocenters. The summed E-state index contributed by atoms with van der Waals surface area (Å²) in [6.07, 6.45) is 1.68. The number of nitrogens with zero attached hydrogens (tertiary/aromatic N) is 3. The summed E-state index contributed by atoms with van der Waals surface area (Å²) in [7, 11) is -3.37. The quantitative estimate of drug-likeness (QED) is 0.225. The number of nitrogens with two attached hydrogens (primary N) is 1. The van der Waals surface area contributed by atoms with Gasteiger partial charge in [0.2, 0.25) is 10.0 Å². The van der Waals surface area contributed by atoms with Crippen LogP contribution in [0.25, 0.3) is 0 Å². The Morgan fingerprint density at radius 1 is 1.21 bits per heavy atom. The van der Waals surface area contributed by atoms with Gasteiger partial charge in [0.15, 0.2) is 5.96 Å². The lowest BCUT2D eigenvalue weighted by molar-refractivity contribution is 0.0377. The summed E-state index contributed by atoms with van der Waals surface area (Å²) in [4.78, 5) is 6.63. The highest BCUT2D eigenvalue weighted by atomic mass is 127. The van der Waals surface area contributed by atoms with E-state index in [1.807, 2.05) is 24.3 Å². The van der Waals surface area contributed by atoms with Gasteiger partial charge >= 0.3 is 0 Å². The number of benzene rings is 1. The van der Waals surface area contributed by atoms with Gasteiger partial charge in [0.25, 0.3) is 0 Å². The van der Waals surface area contributed by atoms with Crippen LogP contribution in [0.1, 0.15) is 12.0 Å². The van der Waals surface area contributed by atoms with Crippen molar-refractivity contribution in [3.63, 3.8) is 0 Å². The van der Waals surface area contributed by atoms with Gasteiger partial charge in [0, 0.05) is 39.3 Å². The summed E-state index contributed by atoms with van der Waals surface area (Å²) < 4.78 is 32.0. The molecule has 3 N–H and O–H groups in total. The first-order chi connectivity index (χ1) is 13.1. The molecule has 2 aliphatic heterocycles. The zero-order valence-electron chi connectivity index (χ0n) is 16.0. The van der Waals surface area contributed by atoms with Crippen LogP contribution in [0.4, 0.5) is 5.69 Å². The molecule has 0 aliphatic carbocycles. The summed E-state index contributed by atoms with van der Waals surface area (Å²) >= 11 is 0. The van der Waals surface area contributed by atoms with Gasteiger partial charge in [-0.1, -0.05) is 18.2 Å². The minimum atomic E-state index is -3.37. The molecule has 0 spiro atoms. The Morgan fingerprint density at radius 2 is 1.96 bits per heavy atom. The summed E-state index contributed by atoms with van der Waals surface area (Å²) in [6, 6.07) is 7.64. The Balaban J connectivity index is 0.00000280. The highest BCUT2D eigenvalue weighted by Gasteiger charge is 2.28. The zero-order chi connectivity index (χ0) is 19.1. The van der Waals surface area contributed by atoms with Crippen molar-refractivity contribution in [2.75, 3.05) is 62.5 Å². The number of nitrogens with one attached hydrogen (secondary N) is 1. The Bertz CT molecular complexity index is 753. The average Bonchev–Trinajstić information content (AvgIpc) is 3.11. The maximum absolute atomic E-state index is 12.6. The zero-order valence-corrected chi connectivity index (χ0v) is 19.2. The molecular weight excluding hydrogens is 493 g/mol. The molecule has 1 aromatic carbocycles. The van der Waals surface area contributed by atoms with Crippen molar-refractivity contribution in [3.8, 4) is 0 Å². The lowest BCUT2D eigenvalue weighted by Gasteiger charge is -2.26. The summed E-state index contributed by atoms with van der Waals surface area (Å²) in [5.41, 5.74) is 7.72. The fourth-order valence-corrected chi connectivity index (χ4v) is 4.82. The number of guanidine groups is 1. The van der Waals surface area contributed by atoms with Crippen molar-refractivity contribution in [1.82, 2.24) is 10.2 Å². The molecule has 8 nitrogen and oxygen atoms in total. The van der Waals surface area contributed by atoms with Gasteiger partial charge in [0.05, 0.1) is 24.7 Å². The smallest absolute Gasteiger partial charge is 0.236 e. The van der Waals surface area contributed by atoms with E-state index in [4.69, 9.17) is 10.5 Å². The van der Waals surface area contributed by atoms with Gasteiger partial charge < -0.3 is 15.8 Å². The van der Waals surface area contributed by atoms with E-state index in [9.17, 15) is 8.42 Å². The highest BCUT2D eigenvalue weighted by molar-refractivity contribution is 14.0. The highest BCUT2D eigenvalue weighted by Crippen LogP contribution is 2.29. The number of halogens is 1. The molecule has 2 aliphatic rings. The first-order valence-electron chi connectivity index (χ1n) is 9.48. The van der Waals surface area contributed by atoms with E-state index in [0.29, 0.717) is 19.0 Å². The van der Waals surface area contributed by atoms with Crippen molar-refractivity contribution in [1.29, 1.82) is 0 Å². The monoisotopic (exact) mass is 523 g/mol. The predicted molar refractivity (Wildman–Crippen MR) is 123 cm³/mol. The van der Waals surface area contributed by atoms with Crippen LogP contribution in [0.2, 0.25) is 0 Å². The Morgan fingerprint density at radius 3 is 2.75 bits per heavy atom. The largest absolute Gasteiger partial charge is 0.379 e. The van der Waals surface area contributed by atoms with Gasteiger partial charge in [-0.3, -0.25) is 14.2 Å². The van der Waals surface area contributed by atoms with Crippen molar-refractivity contribution in [2.24, 2.45) is 10.7 Å². The normalized spacial score (nSPS) is 17.9. The minimum Gasteiger partial charge on any atom is -0.379 e. The maximum atomic E-state index is 12.6. The van der Waals surface area contributed by atoms with E-state index in [0.717, 1.165) is 56.9 Å². The molecule has 2 heterocycles. The second-order valence-electron chi connectivity index (χ2n) is 6.77. The molecule has 3 rings (SSSR count). The van der Waals surface area contributed by atoms with Gasteiger partial charge in [-0.2, -0.15) is 0 Å². The van der Waals surface area contributed by atoms with Crippen molar-refractivity contribution < 1.29 is 13.2 Å². The topological polar surface area (TPSA) is 100 Å². The molecule has 0 saturated carbocycles. The molecular formula is C18H30IN5O3S. The predicted octanol–water partition coefficient (Wildman–Crippen LogP) is 0.624. The fraction of sp³-hybridized carbons (Fsp3) is 0.611. The molecule has 1 saturated heterocycles. The fourth-order valence-electron chi connectivity index (χ4n) is 3.39. The van der Waals surface area contributed by atoms with Crippen LogP contribution in [-0.2, 0) is 21.2 Å². The van der Waals surface area contributed by atoms with Crippen LogP contribution in [0, 0.1) is 0 Å². The molecule has 10 heteroatoms. The number of aliphatic imine (C=N–C) groups is 1. The molecule has 0 unspecified atom stereocenters. The van der Waals surface area contributed by atoms with E-state index >= 15 is 0 Å². The standard InChI is InChI=1S/C18H29N5O3S.HI/c19-18(20-7-3-9-22-11-13-26-14-12-22)21-8-15-27(24,25)23-10-6-16-4-1-2-5-17(16)23;/h1-2,4-5H,3,6-15H2,(H3,19,20,21);1H. The van der Waals surface area contributed by atoms with Crippen molar-refractivity contribution >= 4 is 45.6 Å². The van der Waals surface area contributed by atoms with E-state index in [1.54, 1.807) is 0 Å². The minimum absolute atomic E-state index is 0. The molecule has 0 aromatic heterocycles. The van der Waals surface area contributed by atoms with Crippen LogP contribution in [0.3, 0.4) is 0 Å². The van der Waals surface area contributed by atoms with Crippen molar-refractivity contribution in [3.05, 3.63) is 29.8 Å². The number of hydrogen-bond acceptors (Lipinski definition) is 5. The molecule has 1 fully saturated rings. The molecule has 0 radical (unpaired) electrons. The molecule has 1 aromatic rings. The van der Waals surface area contributed by atoms with E-state index < -0.39 is 10.0 Å². The third-order valence-electron chi connectivity index (χ3n) is 4.86. The maximum Gasteiger partial charge on any atom is 0.236 e. The lowest BCUT2D eigenvalue weighted by atomic mass is 10.2. The average molecular weight is 523 g/mol. The summed E-state index contributed by atoms with van der Waals surface area (Å²) in [6.45, 7) is 5.88.